The Kier molecular flexibility index (Phi) is 3.33. The number of aromatic amines is 1. The molecule has 0 spiro atoms. The maximum Gasteiger partial charge on any atom is 0.232 e. The summed E-state index contributed by atoms with van der Waals surface area (Å²) in [5.41, 5.74) is 1.14. The topological polar surface area (TPSA) is 87.7 Å². The normalized spacial score (nSPS) is 11.4. The van der Waals surface area contributed by atoms with Gasteiger partial charge in [-0.3, -0.25) is 9.82 Å². The summed E-state index contributed by atoms with van der Waals surface area (Å²) in [5, 5.41) is 6.76. The van der Waals surface area contributed by atoms with Crippen LogP contribution in [-0.4, -0.2) is 29.4 Å². The summed E-state index contributed by atoms with van der Waals surface area (Å²) in [5.74, 6) is 1.18. The van der Waals surface area contributed by atoms with E-state index < -0.39 is 10.0 Å². The molecule has 1 aromatic carbocycles. The molecule has 96 valence electrons. The number of rotatable bonds is 4. The predicted octanol–water partition coefficient (Wildman–Crippen LogP) is 1.54. The molecule has 1 aromatic heterocycles. The summed E-state index contributed by atoms with van der Waals surface area (Å²) in [4.78, 5) is 4.20. The molecule has 0 saturated heterocycles. The smallest absolute Gasteiger partial charge is 0.232 e. The molecule has 0 atom stereocenters. The lowest BCUT2D eigenvalue weighted by atomic mass is 10.2. The van der Waals surface area contributed by atoms with E-state index >= 15 is 0 Å². The van der Waals surface area contributed by atoms with Crippen LogP contribution in [0.5, 0.6) is 0 Å². The van der Waals surface area contributed by atoms with E-state index in [1.165, 1.54) is 0 Å². The van der Waals surface area contributed by atoms with Crippen molar-refractivity contribution in [2.75, 3.05) is 10.5 Å². The van der Waals surface area contributed by atoms with Gasteiger partial charge in [-0.15, -0.1) is 0 Å². The quantitative estimate of drug-likeness (QED) is 0.878. The average Bonchev–Trinajstić information content (AvgIpc) is 2.76. The molecule has 7 heteroatoms. The minimum absolute atomic E-state index is 0.0222. The first-order valence-corrected chi connectivity index (χ1v) is 7.16. The van der Waals surface area contributed by atoms with Crippen molar-refractivity contribution < 1.29 is 8.42 Å². The van der Waals surface area contributed by atoms with Gasteiger partial charge in [0.25, 0.3) is 0 Å². The Morgan fingerprint density at radius 3 is 2.67 bits per heavy atom. The lowest BCUT2D eigenvalue weighted by Gasteiger charge is -2.09. The van der Waals surface area contributed by atoms with Gasteiger partial charge in [-0.05, 0) is 26.0 Å². The van der Waals surface area contributed by atoms with Crippen LogP contribution in [0, 0.1) is 6.92 Å². The molecule has 0 amide bonds. The summed E-state index contributed by atoms with van der Waals surface area (Å²) >= 11 is 0. The van der Waals surface area contributed by atoms with Crippen LogP contribution in [0.15, 0.2) is 24.3 Å². The Labute approximate surface area is 106 Å². The zero-order valence-electron chi connectivity index (χ0n) is 10.1. The molecule has 0 fully saturated rings. The van der Waals surface area contributed by atoms with Crippen LogP contribution in [0.3, 0.4) is 0 Å². The summed E-state index contributed by atoms with van der Waals surface area (Å²) in [7, 11) is -3.31. The van der Waals surface area contributed by atoms with Gasteiger partial charge < -0.3 is 0 Å². The van der Waals surface area contributed by atoms with Gasteiger partial charge in [0.15, 0.2) is 5.82 Å². The molecule has 0 aliphatic carbocycles. The van der Waals surface area contributed by atoms with Crippen molar-refractivity contribution in [3.8, 4) is 11.4 Å². The largest absolute Gasteiger partial charge is 0.283 e. The van der Waals surface area contributed by atoms with Crippen molar-refractivity contribution in [2.45, 2.75) is 13.8 Å². The fraction of sp³-hybridized carbons (Fsp3) is 0.273. The molecule has 18 heavy (non-hydrogen) atoms. The Balaban J connectivity index is 2.44. The minimum Gasteiger partial charge on any atom is -0.283 e. The first-order chi connectivity index (χ1) is 8.52. The predicted molar refractivity (Wildman–Crippen MR) is 69.6 cm³/mol. The van der Waals surface area contributed by atoms with E-state index in [2.05, 4.69) is 19.9 Å². The molecule has 0 aliphatic rings. The van der Waals surface area contributed by atoms with Crippen LogP contribution in [-0.2, 0) is 10.0 Å². The molecule has 2 N–H and O–H groups in total. The van der Waals surface area contributed by atoms with Crippen LogP contribution < -0.4 is 4.72 Å². The molecule has 6 nitrogen and oxygen atoms in total. The number of anilines is 1. The third kappa shape index (κ3) is 2.67. The second-order valence-corrected chi connectivity index (χ2v) is 5.81. The number of aryl methyl sites for hydroxylation is 1. The van der Waals surface area contributed by atoms with E-state index in [4.69, 9.17) is 0 Å². The average molecular weight is 266 g/mol. The van der Waals surface area contributed by atoms with Crippen molar-refractivity contribution in [1.82, 2.24) is 15.2 Å². The Morgan fingerprint density at radius 2 is 2.06 bits per heavy atom. The van der Waals surface area contributed by atoms with Crippen molar-refractivity contribution in [1.29, 1.82) is 0 Å². The zero-order valence-corrected chi connectivity index (χ0v) is 11.0. The molecule has 2 aromatic rings. The molecule has 0 radical (unpaired) electrons. The molecular weight excluding hydrogens is 252 g/mol. The Morgan fingerprint density at radius 1 is 1.33 bits per heavy atom. The van der Waals surface area contributed by atoms with Gasteiger partial charge in [-0.25, -0.2) is 13.4 Å². The Bertz CT molecular complexity index is 649. The maximum absolute atomic E-state index is 11.6. The van der Waals surface area contributed by atoms with Gasteiger partial charge in [0.05, 0.1) is 11.4 Å². The fourth-order valence-corrected chi connectivity index (χ4v) is 2.13. The molecule has 2 rings (SSSR count). The Hall–Kier alpha value is -1.89. The second-order valence-electron chi connectivity index (χ2n) is 3.80. The van der Waals surface area contributed by atoms with Gasteiger partial charge in [0, 0.05) is 5.56 Å². The highest BCUT2D eigenvalue weighted by Crippen LogP contribution is 2.25. The van der Waals surface area contributed by atoms with Crippen molar-refractivity contribution >= 4 is 15.7 Å². The standard InChI is InChI=1S/C11H14N4O2S/c1-3-18(16,17)15-10-7-5-4-6-9(10)11-12-8(2)13-14-11/h4-7,15H,3H2,1-2H3,(H,12,13,14). The minimum atomic E-state index is -3.31. The fourth-order valence-electron chi connectivity index (χ4n) is 1.47. The zero-order chi connectivity index (χ0) is 13.2. The summed E-state index contributed by atoms with van der Waals surface area (Å²) < 4.78 is 25.7. The second kappa shape index (κ2) is 4.77. The highest BCUT2D eigenvalue weighted by atomic mass is 32.2. The van der Waals surface area contributed by atoms with Crippen LogP contribution in [0.1, 0.15) is 12.7 Å². The monoisotopic (exact) mass is 266 g/mol. The van der Waals surface area contributed by atoms with E-state index in [-0.39, 0.29) is 5.75 Å². The molecule has 0 aliphatic heterocycles. The summed E-state index contributed by atoms with van der Waals surface area (Å²) in [6.45, 7) is 3.37. The molecule has 0 bridgehead atoms. The lowest BCUT2D eigenvalue weighted by molar-refractivity contribution is 0.602. The third-order valence-electron chi connectivity index (χ3n) is 2.41. The number of hydrogen-bond donors (Lipinski definition) is 2. The lowest BCUT2D eigenvalue weighted by Crippen LogP contribution is -2.15. The number of para-hydroxylation sites is 1. The van der Waals surface area contributed by atoms with Crippen LogP contribution >= 0.6 is 0 Å². The third-order valence-corrected chi connectivity index (χ3v) is 3.70. The van der Waals surface area contributed by atoms with Gasteiger partial charge in [-0.1, -0.05) is 12.1 Å². The van der Waals surface area contributed by atoms with E-state index in [1.54, 1.807) is 32.0 Å². The van der Waals surface area contributed by atoms with Crippen molar-refractivity contribution in [2.24, 2.45) is 0 Å². The summed E-state index contributed by atoms with van der Waals surface area (Å²) in [6.07, 6.45) is 0. The van der Waals surface area contributed by atoms with Crippen LogP contribution in [0.25, 0.3) is 11.4 Å². The van der Waals surface area contributed by atoms with Gasteiger partial charge >= 0.3 is 0 Å². The highest BCUT2D eigenvalue weighted by molar-refractivity contribution is 7.92. The van der Waals surface area contributed by atoms with Gasteiger partial charge in [0.2, 0.25) is 10.0 Å². The van der Waals surface area contributed by atoms with Gasteiger partial charge in [-0.2, -0.15) is 5.10 Å². The number of sulfonamides is 1. The first kappa shape index (κ1) is 12.6. The number of benzene rings is 1. The van der Waals surface area contributed by atoms with Crippen molar-refractivity contribution in [3.05, 3.63) is 30.1 Å². The van der Waals surface area contributed by atoms with Crippen LogP contribution in [0.2, 0.25) is 0 Å². The maximum atomic E-state index is 11.6. The summed E-state index contributed by atoms with van der Waals surface area (Å²) in [6, 6.07) is 7.03. The number of nitrogens with one attached hydrogen (secondary N) is 2. The molecule has 1 heterocycles. The van der Waals surface area contributed by atoms with E-state index in [1.807, 2.05) is 6.07 Å². The number of nitrogens with zero attached hydrogens (tertiary/aromatic N) is 2. The number of H-pyrrole nitrogens is 1. The van der Waals surface area contributed by atoms with Gasteiger partial charge in [0.1, 0.15) is 5.82 Å². The SMILES string of the molecule is CCS(=O)(=O)Nc1ccccc1-c1n[nH]c(C)n1. The highest BCUT2D eigenvalue weighted by Gasteiger charge is 2.13. The van der Waals surface area contributed by atoms with E-state index in [0.717, 1.165) is 0 Å². The van der Waals surface area contributed by atoms with E-state index in [9.17, 15) is 8.42 Å². The molecule has 0 unspecified atom stereocenters. The van der Waals surface area contributed by atoms with E-state index in [0.29, 0.717) is 22.9 Å². The van der Waals surface area contributed by atoms with Crippen molar-refractivity contribution in [3.63, 3.8) is 0 Å². The first-order valence-electron chi connectivity index (χ1n) is 5.51. The number of hydrogen-bond acceptors (Lipinski definition) is 4. The molecular formula is C11H14N4O2S. The van der Waals surface area contributed by atoms with Crippen LogP contribution in [0.4, 0.5) is 5.69 Å². The molecule has 0 saturated carbocycles. The number of aromatic nitrogens is 3.